The van der Waals surface area contributed by atoms with Crippen molar-refractivity contribution in [1.82, 2.24) is 35.0 Å². The summed E-state index contributed by atoms with van der Waals surface area (Å²) in [4.78, 5) is 37.2. The Labute approximate surface area is 277 Å². The number of aliphatic imine (C=N–C) groups is 1. The number of rotatable bonds is 9. The minimum absolute atomic E-state index is 0.168. The van der Waals surface area contributed by atoms with Gasteiger partial charge in [0.05, 0.1) is 29.2 Å². The molecule has 1 atom stereocenters. The maximum absolute atomic E-state index is 14.8. The summed E-state index contributed by atoms with van der Waals surface area (Å²) in [6, 6.07) is 17.2. The third kappa shape index (κ3) is 6.50. The predicted molar refractivity (Wildman–Crippen MR) is 188 cm³/mol. The van der Waals surface area contributed by atoms with E-state index in [0.717, 1.165) is 57.4 Å². The zero-order chi connectivity index (χ0) is 33.2. The number of carbonyl (C=O) groups excluding carboxylic acids is 1. The van der Waals surface area contributed by atoms with Crippen molar-refractivity contribution in [2.75, 3.05) is 32.5 Å². The molecule has 0 fully saturated rings. The first kappa shape index (κ1) is 31.1. The van der Waals surface area contributed by atoms with Crippen molar-refractivity contribution in [3.63, 3.8) is 0 Å². The fourth-order valence-corrected chi connectivity index (χ4v) is 6.09. The molecular formula is C37H36FN9O. The predicted octanol–water partition coefficient (Wildman–Crippen LogP) is 7.11. The van der Waals surface area contributed by atoms with Gasteiger partial charge in [-0.2, -0.15) is 5.10 Å². The number of carbonyl (C=O) groups is 1. The Morgan fingerprint density at radius 3 is 2.75 bits per heavy atom. The molecule has 6 aromatic rings. The summed E-state index contributed by atoms with van der Waals surface area (Å²) in [5.41, 5.74) is 8.57. The van der Waals surface area contributed by atoms with Gasteiger partial charge in [-0.05, 0) is 74.5 Å². The fraction of sp³-hybridized carbons (Fsp3) is 0.243. The van der Waals surface area contributed by atoms with Gasteiger partial charge in [0.1, 0.15) is 11.5 Å². The number of pyridine rings is 2. The molecule has 4 aromatic heterocycles. The van der Waals surface area contributed by atoms with E-state index in [1.165, 1.54) is 0 Å². The molecule has 7 rings (SSSR count). The van der Waals surface area contributed by atoms with E-state index in [-0.39, 0.29) is 24.1 Å². The number of aromatic nitrogens is 6. The second-order valence-corrected chi connectivity index (χ2v) is 12.3. The number of imidazole rings is 1. The molecule has 1 aliphatic carbocycles. The molecule has 1 amide bonds. The van der Waals surface area contributed by atoms with Gasteiger partial charge in [-0.25, -0.2) is 14.4 Å². The minimum Gasteiger partial charge on any atom is -0.335 e. The number of benzene rings is 2. The van der Waals surface area contributed by atoms with Gasteiger partial charge in [-0.1, -0.05) is 31.2 Å². The molecule has 0 radical (unpaired) electrons. The molecule has 0 spiro atoms. The summed E-state index contributed by atoms with van der Waals surface area (Å²) >= 11 is 0. The van der Waals surface area contributed by atoms with Crippen LogP contribution in [0.1, 0.15) is 47.2 Å². The molecule has 2 aromatic carbocycles. The third-order valence-corrected chi connectivity index (χ3v) is 8.59. The molecule has 1 unspecified atom stereocenters. The Hall–Kier alpha value is -5.55. The van der Waals surface area contributed by atoms with Crippen LogP contribution in [0.15, 0.2) is 90.1 Å². The van der Waals surface area contributed by atoms with Crippen molar-refractivity contribution in [2.24, 2.45) is 4.99 Å². The van der Waals surface area contributed by atoms with E-state index in [4.69, 9.17) is 9.98 Å². The standard InChI is InChI=1S/C37H36FN9O/c1-4-22-12-24(15-29(13-22)42-37(48)23-8-6-5-7-9-23)26-17-30-34(45-46-35(30)41-19-26)36-43-32-21-39-20-31(33(32)44-36)25-14-27(38)18-28(16-25)40-10-11-47(2)3/h5-9,12-15,17,19-21,25H,4,10-11,16,18H2,1-3H3,(H,42,48)(H,43,44)(H,41,45,46). The molecular weight excluding hydrogens is 605 g/mol. The lowest BCUT2D eigenvalue weighted by Crippen LogP contribution is -2.18. The van der Waals surface area contributed by atoms with Crippen molar-refractivity contribution < 1.29 is 9.18 Å². The molecule has 0 bridgehead atoms. The van der Waals surface area contributed by atoms with Gasteiger partial charge in [0.15, 0.2) is 11.5 Å². The highest BCUT2D eigenvalue weighted by Gasteiger charge is 2.24. The molecule has 1 aliphatic rings. The van der Waals surface area contributed by atoms with Crippen LogP contribution < -0.4 is 5.32 Å². The van der Waals surface area contributed by atoms with Crippen molar-refractivity contribution in [3.8, 4) is 22.6 Å². The number of H-pyrrole nitrogens is 2. The van der Waals surface area contributed by atoms with Crippen LogP contribution in [0.25, 0.3) is 44.7 Å². The number of allylic oxidation sites excluding steroid dienone is 2. The van der Waals surface area contributed by atoms with Crippen molar-refractivity contribution in [3.05, 3.63) is 102 Å². The lowest BCUT2D eigenvalue weighted by molar-refractivity contribution is 0.102. The summed E-state index contributed by atoms with van der Waals surface area (Å²) in [6.07, 6.45) is 8.61. The second-order valence-electron chi connectivity index (χ2n) is 12.3. The van der Waals surface area contributed by atoms with Gasteiger partial charge in [0.25, 0.3) is 5.91 Å². The van der Waals surface area contributed by atoms with E-state index in [2.05, 4.69) is 48.4 Å². The number of fused-ring (bicyclic) bond motifs is 2. The smallest absolute Gasteiger partial charge is 0.255 e. The van der Waals surface area contributed by atoms with E-state index < -0.39 is 0 Å². The lowest BCUT2D eigenvalue weighted by Gasteiger charge is -2.20. The quantitative estimate of drug-likeness (QED) is 0.154. The number of hydrogen-bond donors (Lipinski definition) is 3. The Morgan fingerprint density at radius 1 is 1.08 bits per heavy atom. The highest BCUT2D eigenvalue weighted by Crippen LogP contribution is 2.36. The number of amides is 1. The largest absolute Gasteiger partial charge is 0.335 e. The van der Waals surface area contributed by atoms with Crippen molar-refractivity contribution in [1.29, 1.82) is 0 Å². The van der Waals surface area contributed by atoms with Crippen molar-refractivity contribution >= 4 is 39.4 Å². The fourth-order valence-electron chi connectivity index (χ4n) is 6.09. The molecule has 4 heterocycles. The van der Waals surface area contributed by atoms with E-state index in [1.807, 2.05) is 50.5 Å². The maximum Gasteiger partial charge on any atom is 0.255 e. The first-order valence-electron chi connectivity index (χ1n) is 16.1. The Kier molecular flexibility index (Phi) is 8.60. The van der Waals surface area contributed by atoms with Crippen LogP contribution >= 0.6 is 0 Å². The van der Waals surface area contributed by atoms with Crippen LogP contribution in [0.5, 0.6) is 0 Å². The minimum atomic E-state index is -0.224. The first-order chi connectivity index (χ1) is 23.3. The van der Waals surface area contributed by atoms with Crippen LogP contribution in [-0.4, -0.2) is 73.8 Å². The van der Waals surface area contributed by atoms with E-state index in [9.17, 15) is 9.18 Å². The van der Waals surface area contributed by atoms with Gasteiger partial charge < -0.3 is 15.2 Å². The van der Waals surface area contributed by atoms with Crippen LogP contribution in [0.4, 0.5) is 10.1 Å². The molecule has 3 N–H and O–H groups in total. The highest BCUT2D eigenvalue weighted by atomic mass is 19.1. The number of anilines is 1. The monoisotopic (exact) mass is 641 g/mol. The van der Waals surface area contributed by atoms with Gasteiger partial charge in [-0.15, -0.1) is 0 Å². The van der Waals surface area contributed by atoms with Gasteiger partial charge >= 0.3 is 0 Å². The average Bonchev–Trinajstić information content (AvgIpc) is 3.72. The molecule has 11 heteroatoms. The first-order valence-corrected chi connectivity index (χ1v) is 16.1. The summed E-state index contributed by atoms with van der Waals surface area (Å²) in [7, 11) is 4.00. The molecule has 0 saturated carbocycles. The number of halogens is 1. The molecule has 48 heavy (non-hydrogen) atoms. The van der Waals surface area contributed by atoms with E-state index in [1.54, 1.807) is 36.8 Å². The van der Waals surface area contributed by atoms with E-state index >= 15 is 0 Å². The SMILES string of the molecule is CCc1cc(NC(=O)c2ccccc2)cc(-c2cnc3n[nH]c(-c4nc5c(C6C=C(F)CC(=NCCN(C)C)C6)cncc5[nH]4)c3c2)c1. The Bertz CT molecular complexity index is 2180. The lowest BCUT2D eigenvalue weighted by atomic mass is 9.87. The zero-order valence-electron chi connectivity index (χ0n) is 27.1. The summed E-state index contributed by atoms with van der Waals surface area (Å²) in [5.74, 6) is 0.00612. The molecule has 10 nitrogen and oxygen atoms in total. The number of hydrogen-bond acceptors (Lipinski definition) is 7. The van der Waals surface area contributed by atoms with Crippen LogP contribution in [-0.2, 0) is 6.42 Å². The van der Waals surface area contributed by atoms with Crippen LogP contribution in [0.3, 0.4) is 0 Å². The summed E-state index contributed by atoms with van der Waals surface area (Å²) < 4.78 is 14.8. The molecule has 242 valence electrons. The maximum atomic E-state index is 14.8. The average molecular weight is 642 g/mol. The topological polar surface area (TPSA) is 128 Å². The van der Waals surface area contributed by atoms with Crippen LogP contribution in [0.2, 0.25) is 0 Å². The third-order valence-electron chi connectivity index (χ3n) is 8.59. The number of aromatic amines is 2. The zero-order valence-corrected chi connectivity index (χ0v) is 27.1. The number of aryl methyl sites for hydroxylation is 1. The van der Waals surface area contributed by atoms with Crippen molar-refractivity contribution in [2.45, 2.75) is 32.1 Å². The van der Waals surface area contributed by atoms with Gasteiger partial charge in [-0.3, -0.25) is 19.9 Å². The Balaban J connectivity index is 1.21. The van der Waals surface area contributed by atoms with Gasteiger partial charge in [0.2, 0.25) is 0 Å². The molecule has 0 aliphatic heterocycles. The Morgan fingerprint density at radius 2 is 1.94 bits per heavy atom. The summed E-state index contributed by atoms with van der Waals surface area (Å²) in [6.45, 7) is 3.52. The number of nitrogens with one attached hydrogen (secondary N) is 3. The molecule has 0 saturated heterocycles. The number of likely N-dealkylation sites (N-methyl/N-ethyl adjacent to an activating group) is 1. The normalized spacial score (nSPS) is 15.8. The second kappa shape index (κ2) is 13.3. The van der Waals surface area contributed by atoms with Crippen LogP contribution in [0, 0.1) is 0 Å². The van der Waals surface area contributed by atoms with Gasteiger partial charge in [0, 0.05) is 59.4 Å². The summed E-state index contributed by atoms with van der Waals surface area (Å²) in [5, 5.41) is 11.4. The van der Waals surface area contributed by atoms with E-state index in [0.29, 0.717) is 41.4 Å². The highest BCUT2D eigenvalue weighted by molar-refractivity contribution is 6.04. The number of nitrogens with zero attached hydrogens (tertiary/aromatic N) is 6.